The fraction of sp³-hybridized carbons (Fsp3) is 0.333. The zero-order valence-electron chi connectivity index (χ0n) is 10.1. The maximum atomic E-state index is 4.16. The number of hydrogen-bond donors (Lipinski definition) is 1. The van der Waals surface area contributed by atoms with E-state index in [2.05, 4.69) is 40.5 Å². The van der Waals surface area contributed by atoms with Gasteiger partial charge in [-0.3, -0.25) is 0 Å². The minimum atomic E-state index is 0.919. The van der Waals surface area contributed by atoms with E-state index in [0.29, 0.717) is 0 Å². The molecule has 4 nitrogen and oxygen atoms in total. The summed E-state index contributed by atoms with van der Waals surface area (Å²) in [5.41, 5.74) is 2.47. The fourth-order valence-electron chi connectivity index (χ4n) is 1.52. The molecule has 0 amide bonds. The van der Waals surface area contributed by atoms with Crippen molar-refractivity contribution in [1.82, 2.24) is 14.8 Å². The first-order chi connectivity index (χ1) is 8.27. The molecule has 2 rings (SSSR count). The first-order valence-electron chi connectivity index (χ1n) is 5.53. The molecule has 1 aromatic heterocycles. The molecule has 0 aliphatic heterocycles. The Morgan fingerprint density at radius 1 is 1.35 bits per heavy atom. The highest BCUT2D eigenvalue weighted by Gasteiger charge is 2.00. The van der Waals surface area contributed by atoms with Crippen molar-refractivity contribution in [3.63, 3.8) is 0 Å². The van der Waals surface area contributed by atoms with Crippen molar-refractivity contribution in [2.75, 3.05) is 17.6 Å². The van der Waals surface area contributed by atoms with Crippen molar-refractivity contribution < 1.29 is 0 Å². The Bertz CT molecular complexity index is 481. The van der Waals surface area contributed by atoms with Crippen molar-refractivity contribution >= 4 is 17.4 Å². The van der Waals surface area contributed by atoms with Gasteiger partial charge in [0.05, 0.1) is 0 Å². The van der Waals surface area contributed by atoms with E-state index in [1.54, 1.807) is 22.8 Å². The van der Waals surface area contributed by atoms with Crippen LogP contribution in [0.25, 0.3) is 0 Å². The minimum absolute atomic E-state index is 0.919. The van der Waals surface area contributed by atoms with Gasteiger partial charge >= 0.3 is 0 Å². The molecule has 17 heavy (non-hydrogen) atoms. The second-order valence-corrected chi connectivity index (χ2v) is 4.82. The Morgan fingerprint density at radius 3 is 2.88 bits per heavy atom. The zero-order chi connectivity index (χ0) is 12.1. The third-order valence-corrected chi connectivity index (χ3v) is 3.50. The van der Waals surface area contributed by atoms with Gasteiger partial charge in [0.1, 0.15) is 6.33 Å². The van der Waals surface area contributed by atoms with Crippen LogP contribution in [0.15, 0.2) is 35.7 Å². The molecule has 0 aliphatic carbocycles. The zero-order valence-corrected chi connectivity index (χ0v) is 10.9. The Morgan fingerprint density at radius 2 is 2.18 bits per heavy atom. The number of anilines is 1. The fourth-order valence-corrected chi connectivity index (χ4v) is 2.26. The lowest BCUT2D eigenvalue weighted by atomic mass is 10.2. The molecular weight excluding hydrogens is 232 g/mol. The van der Waals surface area contributed by atoms with Crippen LogP contribution in [0.1, 0.15) is 5.56 Å². The van der Waals surface area contributed by atoms with Gasteiger partial charge in [0.15, 0.2) is 5.16 Å². The average Bonchev–Trinajstić information content (AvgIpc) is 2.73. The summed E-state index contributed by atoms with van der Waals surface area (Å²) < 4.78 is 1.79. The Kier molecular flexibility index (Phi) is 4.03. The molecule has 0 atom stereocenters. The van der Waals surface area contributed by atoms with Gasteiger partial charge in [-0.25, -0.2) is 9.67 Å². The van der Waals surface area contributed by atoms with Crippen LogP contribution in [0.3, 0.4) is 0 Å². The molecule has 0 bridgehead atoms. The molecule has 0 fully saturated rings. The SMILES string of the molecule is Cc1ccccc1NCCSc1ncnn1C. The van der Waals surface area contributed by atoms with Crippen LogP contribution in [0.4, 0.5) is 5.69 Å². The van der Waals surface area contributed by atoms with E-state index >= 15 is 0 Å². The lowest BCUT2D eigenvalue weighted by molar-refractivity contribution is 0.685. The van der Waals surface area contributed by atoms with Crippen molar-refractivity contribution in [1.29, 1.82) is 0 Å². The van der Waals surface area contributed by atoms with E-state index in [9.17, 15) is 0 Å². The molecule has 1 N–H and O–H groups in total. The summed E-state index contributed by atoms with van der Waals surface area (Å²) in [6.45, 7) is 3.03. The molecule has 1 heterocycles. The molecule has 2 aromatic rings. The van der Waals surface area contributed by atoms with Crippen LogP contribution in [-0.2, 0) is 7.05 Å². The molecule has 0 radical (unpaired) electrons. The lowest BCUT2D eigenvalue weighted by Gasteiger charge is -2.08. The highest BCUT2D eigenvalue weighted by Crippen LogP contribution is 2.15. The van der Waals surface area contributed by atoms with Crippen LogP contribution in [-0.4, -0.2) is 27.1 Å². The molecular formula is C12H16N4S. The smallest absolute Gasteiger partial charge is 0.185 e. The van der Waals surface area contributed by atoms with Crippen LogP contribution in [0.5, 0.6) is 0 Å². The van der Waals surface area contributed by atoms with E-state index in [4.69, 9.17) is 0 Å². The van der Waals surface area contributed by atoms with E-state index in [0.717, 1.165) is 17.5 Å². The second kappa shape index (κ2) is 5.72. The molecule has 0 aliphatic rings. The number of nitrogens with zero attached hydrogens (tertiary/aromatic N) is 3. The predicted molar refractivity (Wildman–Crippen MR) is 71.4 cm³/mol. The summed E-state index contributed by atoms with van der Waals surface area (Å²) in [6.07, 6.45) is 1.58. The first-order valence-corrected chi connectivity index (χ1v) is 6.52. The van der Waals surface area contributed by atoms with Gasteiger partial charge in [0.25, 0.3) is 0 Å². The number of thioether (sulfide) groups is 1. The molecule has 0 unspecified atom stereocenters. The normalized spacial score (nSPS) is 10.5. The van der Waals surface area contributed by atoms with Gasteiger partial charge < -0.3 is 5.32 Å². The predicted octanol–water partition coefficient (Wildman–Crippen LogP) is 2.33. The summed E-state index contributed by atoms with van der Waals surface area (Å²) in [5.74, 6) is 0.973. The number of hydrogen-bond acceptors (Lipinski definition) is 4. The van der Waals surface area contributed by atoms with Crippen LogP contribution >= 0.6 is 11.8 Å². The van der Waals surface area contributed by atoms with Crippen molar-refractivity contribution in [2.45, 2.75) is 12.1 Å². The number of para-hydroxylation sites is 1. The molecule has 90 valence electrons. The Balaban J connectivity index is 1.77. The second-order valence-electron chi connectivity index (χ2n) is 3.76. The standard InChI is InChI=1S/C12H16N4S/c1-10-5-3-4-6-11(10)13-7-8-17-12-14-9-15-16(12)2/h3-6,9,13H,7-8H2,1-2H3. The summed E-state index contributed by atoms with van der Waals surface area (Å²) in [5, 5.41) is 8.40. The Hall–Kier alpha value is -1.49. The van der Waals surface area contributed by atoms with Gasteiger partial charge in [-0.2, -0.15) is 5.10 Å². The third-order valence-electron chi connectivity index (χ3n) is 2.46. The van der Waals surface area contributed by atoms with Crippen molar-refractivity contribution in [3.05, 3.63) is 36.2 Å². The summed E-state index contributed by atoms with van der Waals surface area (Å²) >= 11 is 1.71. The van der Waals surface area contributed by atoms with Crippen LogP contribution in [0, 0.1) is 6.92 Å². The quantitative estimate of drug-likeness (QED) is 0.651. The third kappa shape index (κ3) is 3.23. The lowest BCUT2D eigenvalue weighted by Crippen LogP contribution is -2.06. The van der Waals surface area contributed by atoms with Crippen LogP contribution in [0.2, 0.25) is 0 Å². The maximum Gasteiger partial charge on any atom is 0.185 e. The van der Waals surface area contributed by atoms with Crippen molar-refractivity contribution in [3.8, 4) is 0 Å². The van der Waals surface area contributed by atoms with Gasteiger partial charge in [0.2, 0.25) is 0 Å². The maximum absolute atomic E-state index is 4.16. The number of nitrogens with one attached hydrogen (secondary N) is 1. The van der Waals surface area contributed by atoms with E-state index in [1.807, 2.05) is 13.1 Å². The van der Waals surface area contributed by atoms with Gasteiger partial charge in [-0.1, -0.05) is 30.0 Å². The first kappa shape index (κ1) is 12.0. The van der Waals surface area contributed by atoms with E-state index < -0.39 is 0 Å². The molecule has 5 heteroatoms. The summed E-state index contributed by atoms with van der Waals surface area (Å²) in [6, 6.07) is 8.31. The topological polar surface area (TPSA) is 42.7 Å². The highest BCUT2D eigenvalue weighted by molar-refractivity contribution is 7.99. The van der Waals surface area contributed by atoms with E-state index in [-0.39, 0.29) is 0 Å². The van der Waals surface area contributed by atoms with Gasteiger partial charge in [-0.15, -0.1) is 0 Å². The summed E-state index contributed by atoms with van der Waals surface area (Å²) in [4.78, 5) is 4.16. The summed E-state index contributed by atoms with van der Waals surface area (Å²) in [7, 11) is 1.91. The average molecular weight is 248 g/mol. The van der Waals surface area contributed by atoms with Gasteiger partial charge in [0, 0.05) is 25.0 Å². The monoisotopic (exact) mass is 248 g/mol. The number of benzene rings is 1. The molecule has 0 saturated carbocycles. The highest BCUT2D eigenvalue weighted by atomic mass is 32.2. The minimum Gasteiger partial charge on any atom is -0.384 e. The number of rotatable bonds is 5. The Labute approximate surface area is 105 Å². The number of aromatic nitrogens is 3. The van der Waals surface area contributed by atoms with Crippen LogP contribution < -0.4 is 5.32 Å². The number of aryl methyl sites for hydroxylation is 2. The van der Waals surface area contributed by atoms with E-state index in [1.165, 1.54) is 11.3 Å². The molecule has 1 aromatic carbocycles. The molecule has 0 spiro atoms. The molecule has 0 saturated heterocycles. The van der Waals surface area contributed by atoms with Crippen molar-refractivity contribution in [2.24, 2.45) is 7.05 Å². The largest absolute Gasteiger partial charge is 0.384 e. The van der Waals surface area contributed by atoms with Gasteiger partial charge in [-0.05, 0) is 18.6 Å².